The van der Waals surface area contributed by atoms with E-state index < -0.39 is 11.5 Å². The number of carbonyl (C=O) groups is 1. The van der Waals surface area contributed by atoms with Crippen molar-refractivity contribution in [2.75, 3.05) is 5.32 Å². The summed E-state index contributed by atoms with van der Waals surface area (Å²) in [4.78, 5) is 15.7. The van der Waals surface area contributed by atoms with Crippen molar-refractivity contribution in [2.45, 2.75) is 46.1 Å². The Balaban J connectivity index is 2.90. The third-order valence-electron chi connectivity index (χ3n) is 2.29. The van der Waals surface area contributed by atoms with Gasteiger partial charge in [0.2, 0.25) is 5.95 Å². The highest BCUT2D eigenvalue weighted by molar-refractivity contribution is 5.95. The Labute approximate surface area is 100 Å². The summed E-state index contributed by atoms with van der Waals surface area (Å²) in [6, 6.07) is 0. The van der Waals surface area contributed by atoms with E-state index in [-0.39, 0.29) is 5.95 Å². The van der Waals surface area contributed by atoms with Crippen LogP contribution in [0.4, 0.5) is 5.95 Å². The van der Waals surface area contributed by atoms with Crippen molar-refractivity contribution in [1.82, 2.24) is 15.2 Å². The third kappa shape index (κ3) is 3.45. The Morgan fingerprint density at radius 3 is 2.29 bits per heavy atom. The summed E-state index contributed by atoms with van der Waals surface area (Å²) in [5, 5.41) is 19.7. The van der Waals surface area contributed by atoms with Gasteiger partial charge in [0.1, 0.15) is 5.60 Å². The molecule has 0 aromatic carbocycles. The second-order valence-electron chi connectivity index (χ2n) is 4.25. The molecule has 0 radical (unpaired) electrons. The summed E-state index contributed by atoms with van der Waals surface area (Å²) in [6.07, 6.45) is 1.48. The molecular formula is C11H18N4O2. The lowest BCUT2D eigenvalue weighted by molar-refractivity contribution is -0.130. The number of nitrogens with zero attached hydrogens (tertiary/aromatic N) is 3. The molecule has 0 atom stereocenters. The number of anilines is 1. The van der Waals surface area contributed by atoms with Gasteiger partial charge in [0.05, 0.1) is 11.4 Å². The van der Waals surface area contributed by atoms with Gasteiger partial charge in [0.25, 0.3) is 5.91 Å². The number of hydrogen-bond acceptors (Lipinski definition) is 5. The zero-order valence-corrected chi connectivity index (χ0v) is 10.6. The van der Waals surface area contributed by atoms with Gasteiger partial charge >= 0.3 is 0 Å². The molecule has 1 aromatic heterocycles. The van der Waals surface area contributed by atoms with Crippen molar-refractivity contribution in [3.63, 3.8) is 0 Å². The first-order valence-electron chi connectivity index (χ1n) is 5.64. The van der Waals surface area contributed by atoms with Crippen molar-refractivity contribution in [3.8, 4) is 0 Å². The number of amides is 1. The highest BCUT2D eigenvalue weighted by Gasteiger charge is 2.24. The fraction of sp³-hybridized carbons (Fsp3) is 0.636. The normalized spacial score (nSPS) is 11.4. The fourth-order valence-electron chi connectivity index (χ4n) is 1.25. The molecule has 0 aliphatic heterocycles. The average molecular weight is 238 g/mol. The van der Waals surface area contributed by atoms with Crippen molar-refractivity contribution in [1.29, 1.82) is 0 Å². The van der Waals surface area contributed by atoms with Crippen LogP contribution in [0.3, 0.4) is 0 Å². The molecule has 1 aromatic rings. The summed E-state index contributed by atoms with van der Waals surface area (Å²) < 4.78 is 0. The molecule has 0 unspecified atom stereocenters. The molecule has 1 rings (SSSR count). The van der Waals surface area contributed by atoms with Gasteiger partial charge in [-0.05, 0) is 26.7 Å². The first kappa shape index (κ1) is 13.5. The molecule has 17 heavy (non-hydrogen) atoms. The monoisotopic (exact) mass is 238 g/mol. The lowest BCUT2D eigenvalue weighted by Crippen LogP contribution is -2.37. The molecule has 0 aliphatic carbocycles. The summed E-state index contributed by atoms with van der Waals surface area (Å²) in [7, 11) is 0. The van der Waals surface area contributed by atoms with Crippen molar-refractivity contribution in [2.24, 2.45) is 0 Å². The van der Waals surface area contributed by atoms with E-state index in [9.17, 15) is 9.90 Å². The highest BCUT2D eigenvalue weighted by atomic mass is 16.3. The third-order valence-corrected chi connectivity index (χ3v) is 2.29. The zero-order valence-electron chi connectivity index (χ0n) is 10.6. The lowest BCUT2D eigenvalue weighted by Gasteiger charge is -2.15. The summed E-state index contributed by atoms with van der Waals surface area (Å²) in [6.45, 7) is 6.73. The first-order chi connectivity index (χ1) is 7.88. The summed E-state index contributed by atoms with van der Waals surface area (Å²) in [5.41, 5.74) is 0.182. The smallest absolute Gasteiger partial charge is 0.258 e. The average Bonchev–Trinajstić information content (AvgIpc) is 2.27. The second kappa shape index (κ2) is 5.18. The number of carbonyl (C=O) groups excluding carboxylic acids is 1. The van der Waals surface area contributed by atoms with E-state index in [1.807, 2.05) is 13.8 Å². The molecule has 1 amide bonds. The van der Waals surface area contributed by atoms with E-state index in [0.29, 0.717) is 0 Å². The molecular weight excluding hydrogens is 220 g/mol. The Morgan fingerprint density at radius 1 is 1.24 bits per heavy atom. The Morgan fingerprint density at radius 2 is 1.82 bits per heavy atom. The predicted octanol–water partition coefficient (Wildman–Crippen LogP) is 0.706. The van der Waals surface area contributed by atoms with E-state index in [2.05, 4.69) is 20.5 Å². The van der Waals surface area contributed by atoms with Crippen LogP contribution in [0.1, 0.15) is 39.1 Å². The van der Waals surface area contributed by atoms with Crippen molar-refractivity contribution in [3.05, 3.63) is 11.4 Å². The molecule has 0 saturated heterocycles. The number of nitrogens with one attached hydrogen (secondary N) is 1. The van der Waals surface area contributed by atoms with Gasteiger partial charge in [-0.1, -0.05) is 13.8 Å². The zero-order chi connectivity index (χ0) is 13.1. The maximum atomic E-state index is 11.5. The van der Waals surface area contributed by atoms with E-state index in [0.717, 1.165) is 24.2 Å². The molecule has 6 heteroatoms. The molecule has 0 bridgehead atoms. The maximum Gasteiger partial charge on any atom is 0.258 e. The quantitative estimate of drug-likeness (QED) is 0.806. The molecule has 0 saturated carbocycles. The molecule has 0 spiro atoms. The molecule has 2 N–H and O–H groups in total. The largest absolute Gasteiger partial charge is 0.381 e. The Kier molecular flexibility index (Phi) is 4.11. The highest BCUT2D eigenvalue weighted by Crippen LogP contribution is 2.09. The van der Waals surface area contributed by atoms with Crippen LogP contribution < -0.4 is 5.32 Å². The maximum absolute atomic E-state index is 11.5. The van der Waals surface area contributed by atoms with Crippen LogP contribution in [0, 0.1) is 0 Å². The van der Waals surface area contributed by atoms with Gasteiger partial charge in [0.15, 0.2) is 0 Å². The minimum atomic E-state index is -1.46. The molecule has 0 aliphatic rings. The standard InChI is InChI=1S/C11H18N4O2/c1-5-7-8(6-2)14-15-10(12-7)13-9(16)11(3,4)17/h17H,5-6H2,1-4H3,(H,12,13,15,16). The first-order valence-corrected chi connectivity index (χ1v) is 5.64. The Hall–Kier alpha value is -1.56. The van der Waals surface area contributed by atoms with Crippen LogP contribution >= 0.6 is 0 Å². The van der Waals surface area contributed by atoms with Gasteiger partial charge < -0.3 is 5.11 Å². The SMILES string of the molecule is CCc1nnc(NC(=O)C(C)(C)O)nc1CC. The van der Waals surface area contributed by atoms with Crippen molar-refractivity contribution < 1.29 is 9.90 Å². The van der Waals surface area contributed by atoms with E-state index in [4.69, 9.17) is 0 Å². The van der Waals surface area contributed by atoms with Crippen LogP contribution in [-0.2, 0) is 17.6 Å². The van der Waals surface area contributed by atoms with E-state index in [1.165, 1.54) is 13.8 Å². The minimum absolute atomic E-state index is 0.131. The van der Waals surface area contributed by atoms with Gasteiger partial charge in [-0.15, -0.1) is 10.2 Å². The predicted molar refractivity (Wildman–Crippen MR) is 63.5 cm³/mol. The second-order valence-corrected chi connectivity index (χ2v) is 4.25. The minimum Gasteiger partial charge on any atom is -0.381 e. The number of aliphatic hydroxyl groups is 1. The lowest BCUT2D eigenvalue weighted by atomic mass is 10.1. The number of hydrogen-bond donors (Lipinski definition) is 2. The molecule has 1 heterocycles. The van der Waals surface area contributed by atoms with E-state index in [1.54, 1.807) is 0 Å². The van der Waals surface area contributed by atoms with Gasteiger partial charge in [0, 0.05) is 0 Å². The van der Waals surface area contributed by atoms with Gasteiger partial charge in [-0.25, -0.2) is 4.98 Å². The van der Waals surface area contributed by atoms with Gasteiger partial charge in [-0.2, -0.15) is 0 Å². The van der Waals surface area contributed by atoms with Crippen LogP contribution in [0.25, 0.3) is 0 Å². The summed E-state index contributed by atoms with van der Waals surface area (Å²) in [5.74, 6) is -0.420. The van der Waals surface area contributed by atoms with Crippen LogP contribution in [-0.4, -0.2) is 31.8 Å². The number of aromatic nitrogens is 3. The van der Waals surface area contributed by atoms with Crippen LogP contribution in [0.15, 0.2) is 0 Å². The Bertz CT molecular complexity index is 412. The van der Waals surface area contributed by atoms with Crippen LogP contribution in [0.2, 0.25) is 0 Å². The van der Waals surface area contributed by atoms with Gasteiger partial charge in [-0.3, -0.25) is 10.1 Å². The molecule has 0 fully saturated rings. The topological polar surface area (TPSA) is 88.0 Å². The summed E-state index contributed by atoms with van der Waals surface area (Å²) >= 11 is 0. The molecule has 6 nitrogen and oxygen atoms in total. The van der Waals surface area contributed by atoms with Crippen LogP contribution in [0.5, 0.6) is 0 Å². The fourth-order valence-corrected chi connectivity index (χ4v) is 1.25. The van der Waals surface area contributed by atoms with E-state index >= 15 is 0 Å². The number of aryl methyl sites for hydroxylation is 2. The number of rotatable bonds is 4. The van der Waals surface area contributed by atoms with Crippen molar-refractivity contribution >= 4 is 11.9 Å². The molecule has 94 valence electrons.